The van der Waals surface area contributed by atoms with Gasteiger partial charge in [-0.25, -0.2) is 9.59 Å². The normalized spacial score (nSPS) is 12.4. The number of carbonyl (C=O) groups is 4. The number of aliphatic hydroxyl groups excluding tert-OH is 4. The van der Waals surface area contributed by atoms with Crippen molar-refractivity contribution in [2.45, 2.75) is 58.5 Å². The van der Waals surface area contributed by atoms with Gasteiger partial charge in [0.2, 0.25) is 12.6 Å². The summed E-state index contributed by atoms with van der Waals surface area (Å²) < 4.78 is 27.3. The zero-order chi connectivity index (χ0) is 36.4. The maximum Gasteiger partial charge on any atom is 0.338 e. The monoisotopic (exact) mass is 670 g/mol. The first kappa shape index (κ1) is 45.2. The van der Waals surface area contributed by atoms with Crippen molar-refractivity contribution < 1.29 is 68.0 Å². The third kappa shape index (κ3) is 16.5. The summed E-state index contributed by atoms with van der Waals surface area (Å²) in [4.78, 5) is 44.2. The summed E-state index contributed by atoms with van der Waals surface area (Å²) in [5.41, 5.74) is 3.21. The number of ether oxygens (including phenoxy) is 6. The fourth-order valence-corrected chi connectivity index (χ4v) is 3.95. The Balaban J connectivity index is 0. The van der Waals surface area contributed by atoms with Gasteiger partial charge in [0.05, 0.1) is 49.4 Å². The Kier molecular flexibility index (Phi) is 26.2. The van der Waals surface area contributed by atoms with Crippen LogP contribution in [-0.4, -0.2) is 113 Å². The third-order valence-electron chi connectivity index (χ3n) is 6.07. The van der Waals surface area contributed by atoms with Crippen molar-refractivity contribution in [3.8, 4) is 0 Å². The molecule has 2 rings (SSSR count). The molecule has 0 radical (unpaired) electrons. The fraction of sp³-hybridized carbons (Fsp3) is 0.515. The highest BCUT2D eigenvalue weighted by molar-refractivity contribution is 5.91. The molecule has 4 unspecified atom stereocenters. The molecular formula is C33H50O14. The van der Waals surface area contributed by atoms with Crippen LogP contribution >= 0.6 is 0 Å². The van der Waals surface area contributed by atoms with E-state index in [-0.39, 0.29) is 31.7 Å². The minimum atomic E-state index is -1.53. The fourth-order valence-electron chi connectivity index (χ4n) is 3.95. The molecule has 0 aliphatic carbocycles. The van der Waals surface area contributed by atoms with E-state index in [0.717, 1.165) is 12.0 Å². The Morgan fingerprint density at radius 3 is 1.57 bits per heavy atom. The number of aryl methyl sites for hydroxylation is 2. The smallest absolute Gasteiger partial charge is 0.338 e. The lowest BCUT2D eigenvalue weighted by atomic mass is 9.92. The van der Waals surface area contributed by atoms with Gasteiger partial charge in [0.25, 0.3) is 12.9 Å². The highest BCUT2D eigenvalue weighted by atomic mass is 16.6. The minimum absolute atomic E-state index is 0.0950. The number of aliphatic hydroxyl groups is 4. The molecule has 2 aromatic rings. The van der Waals surface area contributed by atoms with Gasteiger partial charge in [0.1, 0.15) is 0 Å². The molecule has 0 fully saturated rings. The second-order valence-corrected chi connectivity index (χ2v) is 9.43. The van der Waals surface area contributed by atoms with Crippen LogP contribution in [0.4, 0.5) is 0 Å². The van der Waals surface area contributed by atoms with Crippen molar-refractivity contribution in [1.82, 2.24) is 0 Å². The summed E-state index contributed by atoms with van der Waals surface area (Å²) in [5, 5.41) is 38.2. The predicted octanol–water partition coefficient (Wildman–Crippen LogP) is 2.26. The molecule has 266 valence electrons. The van der Waals surface area contributed by atoms with Gasteiger partial charge in [-0.2, -0.15) is 0 Å². The van der Waals surface area contributed by atoms with E-state index in [2.05, 4.69) is 18.9 Å². The molecule has 0 saturated heterocycles. The van der Waals surface area contributed by atoms with E-state index >= 15 is 0 Å². The van der Waals surface area contributed by atoms with Crippen molar-refractivity contribution in [1.29, 1.82) is 0 Å². The van der Waals surface area contributed by atoms with Gasteiger partial charge in [0.15, 0.2) is 0 Å². The average Bonchev–Trinajstić information content (AvgIpc) is 3.04. The van der Waals surface area contributed by atoms with Gasteiger partial charge >= 0.3 is 11.9 Å². The van der Waals surface area contributed by atoms with Crippen LogP contribution in [0, 0.1) is 6.92 Å². The van der Waals surface area contributed by atoms with Crippen LogP contribution in [0.1, 0.15) is 75.6 Å². The zero-order valence-corrected chi connectivity index (χ0v) is 28.3. The summed E-state index contributed by atoms with van der Waals surface area (Å²) in [6.07, 6.45) is -2.25. The standard InChI is InChI=1S/C15H20O6.C14H18O6.2C2H6O/c1-3-10-5-6-11(12(7-10)14(18)20-4-2)13(8-16)15(19)21-9-17;1-3-19-13(17)10-4-5-11(9(2)6-10)12(7-15)14(18)20-8-16;2*1-3-2/h5-7,9,13,15-16,19H,3-4,8H2,1-2H3;4-6,8,12,14-15,18H,3,7H2,1-2H3;2*1-2H3. The first-order valence-corrected chi connectivity index (χ1v) is 14.6. The van der Waals surface area contributed by atoms with Crippen LogP contribution in [-0.2, 0) is 44.4 Å². The second kappa shape index (κ2) is 27.2. The van der Waals surface area contributed by atoms with E-state index in [9.17, 15) is 39.6 Å². The van der Waals surface area contributed by atoms with Crippen LogP contribution in [0.15, 0.2) is 36.4 Å². The molecule has 0 aliphatic rings. The highest BCUT2D eigenvalue weighted by Gasteiger charge is 2.27. The molecule has 0 aromatic heterocycles. The van der Waals surface area contributed by atoms with Gasteiger partial charge in [-0.15, -0.1) is 0 Å². The largest absolute Gasteiger partial charge is 0.462 e. The summed E-state index contributed by atoms with van der Waals surface area (Å²) in [6, 6.07) is 9.81. The van der Waals surface area contributed by atoms with Crippen LogP contribution in [0.3, 0.4) is 0 Å². The molecule has 47 heavy (non-hydrogen) atoms. The first-order valence-electron chi connectivity index (χ1n) is 14.6. The molecule has 4 N–H and O–H groups in total. The molecule has 0 saturated carbocycles. The van der Waals surface area contributed by atoms with E-state index in [1.54, 1.807) is 79.5 Å². The van der Waals surface area contributed by atoms with Crippen molar-refractivity contribution in [3.63, 3.8) is 0 Å². The lowest BCUT2D eigenvalue weighted by Gasteiger charge is -2.22. The van der Waals surface area contributed by atoms with Gasteiger partial charge in [-0.3, -0.25) is 9.59 Å². The van der Waals surface area contributed by atoms with Crippen molar-refractivity contribution in [3.05, 3.63) is 69.8 Å². The van der Waals surface area contributed by atoms with Gasteiger partial charge in [-0.05, 0) is 67.6 Å². The molecule has 0 aliphatic heterocycles. The number of rotatable bonds is 15. The Labute approximate surface area is 276 Å². The number of methoxy groups -OCH3 is 2. The summed E-state index contributed by atoms with van der Waals surface area (Å²) >= 11 is 0. The van der Waals surface area contributed by atoms with E-state index in [1.165, 1.54) is 6.07 Å². The number of hydrogen-bond acceptors (Lipinski definition) is 14. The molecule has 0 heterocycles. The SMILES string of the molecule is CCOC(=O)c1cc(CC)ccc1C(CO)C(O)OC=O.CCOC(=O)c1ccc(C(CO)C(O)OC=O)c(C)c1.COC.COC. The molecule has 4 atom stereocenters. The van der Waals surface area contributed by atoms with Gasteiger partial charge in [-0.1, -0.05) is 25.1 Å². The molecule has 14 heteroatoms. The molecular weight excluding hydrogens is 620 g/mol. The second-order valence-electron chi connectivity index (χ2n) is 9.43. The molecule has 2 aromatic carbocycles. The van der Waals surface area contributed by atoms with Crippen LogP contribution in [0.5, 0.6) is 0 Å². The van der Waals surface area contributed by atoms with Crippen LogP contribution in [0.25, 0.3) is 0 Å². The Hall–Kier alpha value is -3.92. The van der Waals surface area contributed by atoms with Crippen LogP contribution in [0.2, 0.25) is 0 Å². The van der Waals surface area contributed by atoms with E-state index < -0.39 is 49.6 Å². The maximum atomic E-state index is 12.0. The average molecular weight is 671 g/mol. The lowest BCUT2D eigenvalue weighted by Crippen LogP contribution is -2.26. The number of hydrogen-bond donors (Lipinski definition) is 4. The van der Waals surface area contributed by atoms with Crippen molar-refractivity contribution >= 4 is 24.9 Å². The summed E-state index contributed by atoms with van der Waals surface area (Å²) in [6.45, 7) is 6.92. The Morgan fingerprint density at radius 2 is 1.17 bits per heavy atom. The zero-order valence-electron chi connectivity index (χ0n) is 28.3. The van der Waals surface area contributed by atoms with Crippen LogP contribution < -0.4 is 0 Å². The maximum absolute atomic E-state index is 12.0. The Morgan fingerprint density at radius 1 is 0.723 bits per heavy atom. The minimum Gasteiger partial charge on any atom is -0.462 e. The first-order chi connectivity index (χ1) is 22.5. The van der Waals surface area contributed by atoms with Crippen molar-refractivity contribution in [2.75, 3.05) is 54.9 Å². The Bertz CT molecular complexity index is 1170. The third-order valence-corrected chi connectivity index (χ3v) is 6.07. The van der Waals surface area contributed by atoms with E-state index in [4.69, 9.17) is 9.47 Å². The molecule has 0 bridgehead atoms. The van der Waals surface area contributed by atoms with E-state index in [1.807, 2.05) is 6.92 Å². The number of esters is 2. The van der Waals surface area contributed by atoms with E-state index in [0.29, 0.717) is 22.3 Å². The predicted molar refractivity (Wildman–Crippen MR) is 171 cm³/mol. The molecule has 14 nitrogen and oxygen atoms in total. The van der Waals surface area contributed by atoms with Crippen molar-refractivity contribution in [2.24, 2.45) is 0 Å². The lowest BCUT2D eigenvalue weighted by molar-refractivity contribution is -0.158. The highest BCUT2D eigenvalue weighted by Crippen LogP contribution is 2.27. The van der Waals surface area contributed by atoms with Gasteiger partial charge in [0, 0.05) is 28.4 Å². The summed E-state index contributed by atoms with van der Waals surface area (Å²) in [5.74, 6) is -2.66. The number of benzene rings is 2. The quantitative estimate of drug-likeness (QED) is 0.0929. The topological polar surface area (TPSA) is 205 Å². The molecule has 0 spiro atoms. The molecule has 0 amide bonds. The van der Waals surface area contributed by atoms with Gasteiger partial charge < -0.3 is 48.8 Å². The number of carbonyl (C=O) groups excluding carboxylic acids is 4. The summed E-state index contributed by atoms with van der Waals surface area (Å²) in [7, 11) is 6.50.